The lowest BCUT2D eigenvalue weighted by molar-refractivity contribution is -0.132. The molecule has 7 nitrogen and oxygen atoms in total. The van der Waals surface area contributed by atoms with E-state index in [0.717, 1.165) is 19.6 Å². The number of methoxy groups -OCH3 is 1. The third-order valence-corrected chi connectivity index (χ3v) is 4.34. The Balaban J connectivity index is 1.63. The maximum atomic E-state index is 12.2. The SMILES string of the molecule is COCCNC(=O)N1CCN(C(=O)CCN2CCCC2)CC1. The highest BCUT2D eigenvalue weighted by molar-refractivity contribution is 5.77. The van der Waals surface area contributed by atoms with Crippen molar-refractivity contribution in [1.29, 1.82) is 0 Å². The fourth-order valence-corrected chi connectivity index (χ4v) is 2.95. The Morgan fingerprint density at radius 2 is 1.64 bits per heavy atom. The molecule has 3 amide bonds. The first-order chi connectivity index (χ1) is 10.7. The fourth-order valence-electron chi connectivity index (χ4n) is 2.95. The van der Waals surface area contributed by atoms with Crippen LogP contribution in [0.4, 0.5) is 4.79 Å². The van der Waals surface area contributed by atoms with Crippen molar-refractivity contribution in [2.45, 2.75) is 19.3 Å². The second-order valence-electron chi connectivity index (χ2n) is 5.89. The molecule has 0 radical (unpaired) electrons. The highest BCUT2D eigenvalue weighted by Crippen LogP contribution is 2.09. The number of piperazine rings is 1. The van der Waals surface area contributed by atoms with Gasteiger partial charge in [0.05, 0.1) is 6.61 Å². The van der Waals surface area contributed by atoms with Crippen molar-refractivity contribution in [3.63, 3.8) is 0 Å². The van der Waals surface area contributed by atoms with Crippen LogP contribution in [0.15, 0.2) is 0 Å². The number of carbonyl (C=O) groups is 2. The van der Waals surface area contributed by atoms with Gasteiger partial charge in [-0.2, -0.15) is 0 Å². The Hall–Kier alpha value is -1.34. The first-order valence-electron chi connectivity index (χ1n) is 8.22. The van der Waals surface area contributed by atoms with Crippen LogP contribution in [0.25, 0.3) is 0 Å². The molecule has 0 aliphatic carbocycles. The second kappa shape index (κ2) is 8.95. The summed E-state index contributed by atoms with van der Waals surface area (Å²) in [5.41, 5.74) is 0. The van der Waals surface area contributed by atoms with E-state index in [4.69, 9.17) is 4.74 Å². The van der Waals surface area contributed by atoms with Gasteiger partial charge in [0.15, 0.2) is 0 Å². The van der Waals surface area contributed by atoms with E-state index in [1.165, 1.54) is 12.8 Å². The molecule has 0 unspecified atom stereocenters. The number of likely N-dealkylation sites (tertiary alicyclic amines) is 1. The van der Waals surface area contributed by atoms with Crippen LogP contribution in [-0.2, 0) is 9.53 Å². The largest absolute Gasteiger partial charge is 0.383 e. The molecule has 126 valence electrons. The smallest absolute Gasteiger partial charge is 0.317 e. The highest BCUT2D eigenvalue weighted by atomic mass is 16.5. The van der Waals surface area contributed by atoms with Crippen LogP contribution in [0, 0.1) is 0 Å². The van der Waals surface area contributed by atoms with Crippen LogP contribution in [0.2, 0.25) is 0 Å². The summed E-state index contributed by atoms with van der Waals surface area (Å²) in [6.45, 7) is 6.64. The van der Waals surface area contributed by atoms with Gasteiger partial charge in [0.1, 0.15) is 0 Å². The van der Waals surface area contributed by atoms with Crippen LogP contribution in [0.3, 0.4) is 0 Å². The number of hydrogen-bond acceptors (Lipinski definition) is 4. The van der Waals surface area contributed by atoms with Crippen LogP contribution >= 0.6 is 0 Å². The molecule has 2 aliphatic heterocycles. The lowest BCUT2D eigenvalue weighted by atomic mass is 10.2. The van der Waals surface area contributed by atoms with Crippen molar-refractivity contribution in [2.24, 2.45) is 0 Å². The van der Waals surface area contributed by atoms with Gasteiger partial charge in [0, 0.05) is 52.8 Å². The summed E-state index contributed by atoms with van der Waals surface area (Å²) in [5.74, 6) is 0.214. The summed E-state index contributed by atoms with van der Waals surface area (Å²) in [4.78, 5) is 30.1. The molecule has 2 saturated heterocycles. The minimum absolute atomic E-state index is 0.0683. The van der Waals surface area contributed by atoms with Crippen molar-refractivity contribution in [3.05, 3.63) is 0 Å². The molecule has 0 atom stereocenters. The van der Waals surface area contributed by atoms with Gasteiger partial charge >= 0.3 is 6.03 Å². The van der Waals surface area contributed by atoms with Gasteiger partial charge in [-0.25, -0.2) is 4.79 Å². The monoisotopic (exact) mass is 312 g/mol. The van der Waals surface area contributed by atoms with Gasteiger partial charge in [-0.05, 0) is 25.9 Å². The van der Waals surface area contributed by atoms with Crippen molar-refractivity contribution < 1.29 is 14.3 Å². The Morgan fingerprint density at radius 1 is 1.00 bits per heavy atom. The number of nitrogens with one attached hydrogen (secondary N) is 1. The third kappa shape index (κ3) is 5.14. The van der Waals surface area contributed by atoms with Gasteiger partial charge < -0.3 is 24.8 Å². The van der Waals surface area contributed by atoms with E-state index >= 15 is 0 Å². The zero-order valence-electron chi connectivity index (χ0n) is 13.6. The Bertz CT molecular complexity index is 364. The molecule has 2 heterocycles. The average Bonchev–Trinajstić information content (AvgIpc) is 3.06. The molecule has 22 heavy (non-hydrogen) atoms. The molecule has 0 bridgehead atoms. The van der Waals surface area contributed by atoms with Crippen LogP contribution in [0.5, 0.6) is 0 Å². The number of rotatable bonds is 6. The van der Waals surface area contributed by atoms with Gasteiger partial charge in [-0.15, -0.1) is 0 Å². The average molecular weight is 312 g/mol. The summed E-state index contributed by atoms with van der Waals surface area (Å²) in [5, 5.41) is 2.81. The van der Waals surface area contributed by atoms with E-state index in [1.54, 1.807) is 12.0 Å². The number of hydrogen-bond donors (Lipinski definition) is 1. The number of carbonyl (C=O) groups excluding carboxylic acids is 2. The standard InChI is InChI=1S/C15H28N4O3/c1-22-13-5-16-15(21)19-11-9-18(10-12-19)14(20)4-8-17-6-2-3-7-17/h2-13H2,1H3,(H,16,21). The lowest BCUT2D eigenvalue weighted by Gasteiger charge is -2.35. The van der Waals surface area contributed by atoms with Crippen molar-refractivity contribution in [3.8, 4) is 0 Å². The molecule has 2 rings (SSSR count). The predicted molar refractivity (Wildman–Crippen MR) is 83.7 cm³/mol. The number of ether oxygens (including phenoxy) is 1. The molecule has 7 heteroatoms. The molecular formula is C15H28N4O3. The van der Waals surface area contributed by atoms with E-state index in [2.05, 4.69) is 10.2 Å². The van der Waals surface area contributed by atoms with Gasteiger partial charge in [-0.1, -0.05) is 0 Å². The van der Waals surface area contributed by atoms with E-state index < -0.39 is 0 Å². The summed E-state index contributed by atoms with van der Waals surface area (Å²) >= 11 is 0. The zero-order chi connectivity index (χ0) is 15.8. The third-order valence-electron chi connectivity index (χ3n) is 4.34. The fraction of sp³-hybridized carbons (Fsp3) is 0.867. The molecule has 0 spiro atoms. The summed E-state index contributed by atoms with van der Waals surface area (Å²) in [7, 11) is 1.61. The van der Waals surface area contributed by atoms with E-state index in [-0.39, 0.29) is 11.9 Å². The summed E-state index contributed by atoms with van der Waals surface area (Å²) in [6, 6.07) is -0.0683. The van der Waals surface area contributed by atoms with Crippen LogP contribution in [0.1, 0.15) is 19.3 Å². The van der Waals surface area contributed by atoms with Crippen molar-refractivity contribution in [2.75, 3.05) is 66.1 Å². The number of urea groups is 1. The minimum Gasteiger partial charge on any atom is -0.383 e. The molecule has 1 N–H and O–H groups in total. The first-order valence-corrected chi connectivity index (χ1v) is 8.22. The molecule has 2 aliphatic rings. The topological polar surface area (TPSA) is 65.1 Å². The first kappa shape index (κ1) is 17.0. The van der Waals surface area contributed by atoms with Crippen molar-refractivity contribution >= 4 is 11.9 Å². The van der Waals surface area contributed by atoms with Gasteiger partial charge in [-0.3, -0.25) is 4.79 Å². The maximum absolute atomic E-state index is 12.2. The molecule has 0 saturated carbocycles. The highest BCUT2D eigenvalue weighted by Gasteiger charge is 2.24. The molecule has 2 fully saturated rings. The zero-order valence-corrected chi connectivity index (χ0v) is 13.6. The Kier molecular flexibility index (Phi) is 6.92. The molecule has 0 aromatic rings. The Labute approximate surface area is 132 Å². The number of nitrogens with zero attached hydrogens (tertiary/aromatic N) is 3. The normalized spacial score (nSPS) is 19.5. The van der Waals surface area contributed by atoms with E-state index in [1.807, 2.05) is 4.90 Å². The van der Waals surface area contributed by atoms with Gasteiger partial charge in [0.25, 0.3) is 0 Å². The maximum Gasteiger partial charge on any atom is 0.317 e. The quantitative estimate of drug-likeness (QED) is 0.700. The van der Waals surface area contributed by atoms with Gasteiger partial charge in [0.2, 0.25) is 5.91 Å². The van der Waals surface area contributed by atoms with Crippen molar-refractivity contribution in [1.82, 2.24) is 20.0 Å². The number of amides is 3. The predicted octanol–water partition coefficient (Wildman–Crippen LogP) is -0.0275. The van der Waals surface area contributed by atoms with E-state index in [0.29, 0.717) is 45.8 Å². The summed E-state index contributed by atoms with van der Waals surface area (Å²) in [6.07, 6.45) is 3.11. The molecule has 0 aromatic carbocycles. The van der Waals surface area contributed by atoms with Crippen LogP contribution in [-0.4, -0.2) is 92.7 Å². The molecule has 0 aromatic heterocycles. The van der Waals surface area contributed by atoms with E-state index in [9.17, 15) is 9.59 Å². The molecular weight excluding hydrogens is 284 g/mol. The summed E-state index contributed by atoms with van der Waals surface area (Å²) < 4.78 is 4.91. The minimum atomic E-state index is -0.0683. The lowest BCUT2D eigenvalue weighted by Crippen LogP contribution is -2.53. The van der Waals surface area contributed by atoms with Crippen LogP contribution < -0.4 is 5.32 Å². The second-order valence-corrected chi connectivity index (χ2v) is 5.89. The Morgan fingerprint density at radius 3 is 2.27 bits per heavy atom.